The molecule has 100 valence electrons. The molecule has 0 aliphatic carbocycles. The second-order valence-corrected chi connectivity index (χ2v) is 5.37. The number of amides is 1. The van der Waals surface area contributed by atoms with Gasteiger partial charge in [-0.3, -0.25) is 4.79 Å². The fraction of sp³-hybridized carbons (Fsp3) is 0.923. The fourth-order valence-corrected chi connectivity index (χ4v) is 2.25. The molecule has 4 nitrogen and oxygen atoms in total. The number of rotatable bonds is 5. The van der Waals surface area contributed by atoms with Crippen LogP contribution in [0.2, 0.25) is 0 Å². The quantitative estimate of drug-likeness (QED) is 0.760. The molecule has 0 aromatic carbocycles. The first kappa shape index (κ1) is 14.5. The number of hydrogen-bond acceptors (Lipinski definition) is 3. The monoisotopic (exact) mass is 242 g/mol. The van der Waals surface area contributed by atoms with Crippen molar-refractivity contribution in [2.24, 2.45) is 11.8 Å². The number of piperidine rings is 1. The van der Waals surface area contributed by atoms with Gasteiger partial charge in [0.1, 0.15) is 0 Å². The van der Waals surface area contributed by atoms with Crippen molar-refractivity contribution in [2.45, 2.75) is 45.7 Å². The van der Waals surface area contributed by atoms with Crippen LogP contribution in [0.1, 0.15) is 33.6 Å². The number of nitrogens with one attached hydrogen (secondary N) is 2. The van der Waals surface area contributed by atoms with Crippen molar-refractivity contribution < 1.29 is 9.53 Å². The third-order valence-corrected chi connectivity index (χ3v) is 3.53. The van der Waals surface area contributed by atoms with Crippen molar-refractivity contribution in [3.05, 3.63) is 0 Å². The van der Waals surface area contributed by atoms with E-state index in [0.29, 0.717) is 18.4 Å². The summed E-state index contributed by atoms with van der Waals surface area (Å²) in [5.74, 6) is 0.921. The average molecular weight is 242 g/mol. The zero-order chi connectivity index (χ0) is 12.8. The van der Waals surface area contributed by atoms with Crippen molar-refractivity contribution in [2.75, 3.05) is 20.3 Å². The highest BCUT2D eigenvalue weighted by Gasteiger charge is 2.29. The summed E-state index contributed by atoms with van der Waals surface area (Å²) in [4.78, 5) is 12.2. The van der Waals surface area contributed by atoms with Gasteiger partial charge in [-0.25, -0.2) is 0 Å². The minimum absolute atomic E-state index is 0.0399. The predicted molar refractivity (Wildman–Crippen MR) is 68.8 cm³/mol. The highest BCUT2D eigenvalue weighted by atomic mass is 16.5. The molecule has 0 spiro atoms. The Bertz CT molecular complexity index is 244. The Morgan fingerprint density at radius 2 is 2.24 bits per heavy atom. The van der Waals surface area contributed by atoms with Crippen LogP contribution in [-0.4, -0.2) is 38.3 Å². The van der Waals surface area contributed by atoms with Gasteiger partial charge in [-0.1, -0.05) is 20.8 Å². The van der Waals surface area contributed by atoms with Gasteiger partial charge in [0.25, 0.3) is 0 Å². The van der Waals surface area contributed by atoms with Gasteiger partial charge in [-0.15, -0.1) is 0 Å². The maximum absolute atomic E-state index is 12.2. The van der Waals surface area contributed by atoms with E-state index >= 15 is 0 Å². The summed E-state index contributed by atoms with van der Waals surface area (Å²) >= 11 is 0. The van der Waals surface area contributed by atoms with Gasteiger partial charge in [-0.2, -0.15) is 0 Å². The Balaban J connectivity index is 2.50. The highest BCUT2D eigenvalue weighted by Crippen LogP contribution is 2.16. The van der Waals surface area contributed by atoms with E-state index in [0.717, 1.165) is 19.4 Å². The molecule has 0 aromatic heterocycles. The van der Waals surface area contributed by atoms with Crippen LogP contribution >= 0.6 is 0 Å². The van der Waals surface area contributed by atoms with E-state index < -0.39 is 0 Å². The Hall–Kier alpha value is -0.610. The molecule has 0 bridgehead atoms. The minimum atomic E-state index is -0.0399. The van der Waals surface area contributed by atoms with E-state index in [4.69, 9.17) is 4.74 Å². The average Bonchev–Trinajstić information content (AvgIpc) is 2.28. The van der Waals surface area contributed by atoms with Gasteiger partial charge >= 0.3 is 0 Å². The van der Waals surface area contributed by atoms with Gasteiger partial charge in [0.15, 0.2) is 0 Å². The normalized spacial score (nSPS) is 26.9. The van der Waals surface area contributed by atoms with Crippen LogP contribution in [0.3, 0.4) is 0 Å². The second kappa shape index (κ2) is 6.97. The zero-order valence-electron chi connectivity index (χ0n) is 11.5. The highest BCUT2D eigenvalue weighted by molar-refractivity contribution is 5.82. The predicted octanol–water partition coefficient (Wildman–Crippen LogP) is 1.16. The molecule has 1 heterocycles. The third kappa shape index (κ3) is 4.28. The standard InChI is InChI=1S/C13H26N2O2/c1-9(2)11(8-17-4)15-13(16)12-10(3)6-5-7-14-12/h9-12,14H,5-8H2,1-4H3,(H,15,16). The van der Waals surface area contributed by atoms with E-state index in [1.54, 1.807) is 7.11 Å². The second-order valence-electron chi connectivity index (χ2n) is 5.37. The summed E-state index contributed by atoms with van der Waals surface area (Å²) < 4.78 is 5.15. The van der Waals surface area contributed by atoms with Gasteiger partial charge in [-0.05, 0) is 31.2 Å². The number of ether oxygens (including phenoxy) is 1. The number of methoxy groups -OCH3 is 1. The summed E-state index contributed by atoms with van der Waals surface area (Å²) in [6, 6.07) is 0.0604. The Kier molecular flexibility index (Phi) is 5.92. The maximum atomic E-state index is 12.2. The molecule has 4 heteroatoms. The van der Waals surface area contributed by atoms with Crippen molar-refractivity contribution in [3.63, 3.8) is 0 Å². The Morgan fingerprint density at radius 1 is 1.53 bits per heavy atom. The molecule has 0 saturated carbocycles. The molecule has 17 heavy (non-hydrogen) atoms. The van der Waals surface area contributed by atoms with Gasteiger partial charge in [0.05, 0.1) is 18.7 Å². The smallest absolute Gasteiger partial charge is 0.237 e. The van der Waals surface area contributed by atoms with E-state index in [1.165, 1.54) is 0 Å². The molecule has 0 aromatic rings. The molecule has 3 atom stereocenters. The molecule has 1 fully saturated rings. The zero-order valence-corrected chi connectivity index (χ0v) is 11.5. The molecule has 3 unspecified atom stereocenters. The van der Waals surface area contributed by atoms with Crippen LogP contribution in [0.25, 0.3) is 0 Å². The van der Waals surface area contributed by atoms with E-state index in [-0.39, 0.29) is 18.0 Å². The lowest BCUT2D eigenvalue weighted by Gasteiger charge is -2.31. The lowest BCUT2D eigenvalue weighted by Crippen LogP contribution is -2.54. The topological polar surface area (TPSA) is 50.4 Å². The van der Waals surface area contributed by atoms with Crippen molar-refractivity contribution in [1.82, 2.24) is 10.6 Å². The third-order valence-electron chi connectivity index (χ3n) is 3.53. The van der Waals surface area contributed by atoms with Crippen LogP contribution in [0, 0.1) is 11.8 Å². The first-order chi connectivity index (χ1) is 8.06. The van der Waals surface area contributed by atoms with Crippen molar-refractivity contribution >= 4 is 5.91 Å². The van der Waals surface area contributed by atoms with Crippen LogP contribution in [0.4, 0.5) is 0 Å². The van der Waals surface area contributed by atoms with Crippen molar-refractivity contribution in [1.29, 1.82) is 0 Å². The number of carbonyl (C=O) groups excluding carboxylic acids is 1. The summed E-state index contributed by atoms with van der Waals surface area (Å²) in [5, 5.41) is 6.39. The Labute approximate surface area is 104 Å². The minimum Gasteiger partial charge on any atom is -0.383 e. The number of hydrogen-bond donors (Lipinski definition) is 2. The molecule has 1 amide bonds. The summed E-state index contributed by atoms with van der Waals surface area (Å²) in [5.41, 5.74) is 0. The lowest BCUT2D eigenvalue weighted by atomic mass is 9.91. The van der Waals surface area contributed by atoms with Crippen molar-refractivity contribution in [3.8, 4) is 0 Å². The molecule has 1 aliphatic rings. The molecule has 1 aliphatic heterocycles. The molecular formula is C13H26N2O2. The maximum Gasteiger partial charge on any atom is 0.237 e. The van der Waals surface area contributed by atoms with Gasteiger partial charge < -0.3 is 15.4 Å². The summed E-state index contributed by atoms with van der Waals surface area (Å²) in [7, 11) is 1.67. The van der Waals surface area contributed by atoms with Crippen LogP contribution in [0.5, 0.6) is 0 Å². The van der Waals surface area contributed by atoms with Crippen LogP contribution in [-0.2, 0) is 9.53 Å². The fourth-order valence-electron chi connectivity index (χ4n) is 2.25. The molecule has 2 N–H and O–H groups in total. The first-order valence-corrected chi connectivity index (χ1v) is 6.59. The summed E-state index contributed by atoms with van der Waals surface area (Å²) in [6.07, 6.45) is 2.29. The Morgan fingerprint density at radius 3 is 2.76 bits per heavy atom. The molecule has 1 saturated heterocycles. The van der Waals surface area contributed by atoms with E-state index in [2.05, 4.69) is 31.4 Å². The summed E-state index contributed by atoms with van der Waals surface area (Å²) in [6.45, 7) is 7.85. The molecule has 0 radical (unpaired) electrons. The van der Waals surface area contributed by atoms with E-state index in [1.807, 2.05) is 0 Å². The van der Waals surface area contributed by atoms with Gasteiger partial charge in [0, 0.05) is 7.11 Å². The largest absolute Gasteiger partial charge is 0.383 e. The lowest BCUT2D eigenvalue weighted by molar-refractivity contribution is -0.126. The number of carbonyl (C=O) groups is 1. The van der Waals surface area contributed by atoms with Crippen LogP contribution in [0.15, 0.2) is 0 Å². The van der Waals surface area contributed by atoms with Crippen LogP contribution < -0.4 is 10.6 Å². The molecule has 1 rings (SSSR count). The van der Waals surface area contributed by atoms with Gasteiger partial charge in [0.2, 0.25) is 5.91 Å². The first-order valence-electron chi connectivity index (χ1n) is 6.59. The molecular weight excluding hydrogens is 216 g/mol. The SMILES string of the molecule is COCC(NC(=O)C1NCCCC1C)C(C)C. The van der Waals surface area contributed by atoms with E-state index in [9.17, 15) is 4.79 Å².